The topological polar surface area (TPSA) is 0 Å². The number of allylic oxidation sites excluding steroid dienone is 6. The maximum absolute atomic E-state index is 2.40. The molecule has 0 saturated carbocycles. The summed E-state index contributed by atoms with van der Waals surface area (Å²) in [6.45, 7) is 4.35. The molecule has 45 heavy (non-hydrogen) atoms. The Balaban J connectivity index is 1.79. The fourth-order valence-corrected chi connectivity index (χ4v) is 6.54. The highest BCUT2D eigenvalue weighted by Gasteiger charge is 2.29. The molecular formula is C45H36. The molecule has 0 fully saturated rings. The molecule has 0 aromatic heterocycles. The summed E-state index contributed by atoms with van der Waals surface area (Å²) in [6, 6.07) is 53.0. The molecule has 0 atom stereocenters. The highest BCUT2D eigenvalue weighted by atomic mass is 14.3. The summed E-state index contributed by atoms with van der Waals surface area (Å²) < 4.78 is 0. The molecule has 0 bridgehead atoms. The van der Waals surface area contributed by atoms with Crippen molar-refractivity contribution < 1.29 is 0 Å². The third-order valence-corrected chi connectivity index (χ3v) is 8.68. The van der Waals surface area contributed by atoms with Crippen LogP contribution in [0.5, 0.6) is 0 Å². The van der Waals surface area contributed by atoms with Crippen molar-refractivity contribution in [3.8, 4) is 55.6 Å². The fraction of sp³-hybridized carbons (Fsp3) is 0.0667. The Hall–Kier alpha value is -5.46. The lowest BCUT2D eigenvalue weighted by atomic mass is 9.74. The lowest BCUT2D eigenvalue weighted by molar-refractivity contribution is 1.35. The van der Waals surface area contributed by atoms with E-state index < -0.39 is 0 Å². The van der Waals surface area contributed by atoms with E-state index in [0.29, 0.717) is 0 Å². The molecule has 0 heterocycles. The summed E-state index contributed by atoms with van der Waals surface area (Å²) in [5, 5.41) is 0. The number of aryl methyl sites for hydroxylation is 1. The molecule has 1 aliphatic carbocycles. The fourth-order valence-electron chi connectivity index (χ4n) is 6.54. The number of hydrogen-bond acceptors (Lipinski definition) is 0. The summed E-state index contributed by atoms with van der Waals surface area (Å²) in [4.78, 5) is 0. The molecule has 216 valence electrons. The van der Waals surface area contributed by atoms with Crippen LogP contribution in [0.2, 0.25) is 0 Å². The van der Waals surface area contributed by atoms with E-state index >= 15 is 0 Å². The van der Waals surface area contributed by atoms with Gasteiger partial charge in [0.05, 0.1) is 0 Å². The van der Waals surface area contributed by atoms with Crippen LogP contribution in [0, 0.1) is 6.92 Å². The van der Waals surface area contributed by atoms with Crippen molar-refractivity contribution >= 4 is 5.57 Å². The Bertz CT molecular complexity index is 1920. The normalized spacial score (nSPS) is 12.8. The summed E-state index contributed by atoms with van der Waals surface area (Å²) >= 11 is 0. The van der Waals surface area contributed by atoms with Crippen LogP contribution in [-0.4, -0.2) is 0 Å². The van der Waals surface area contributed by atoms with Gasteiger partial charge in [-0.15, -0.1) is 0 Å². The highest BCUT2D eigenvalue weighted by molar-refractivity contribution is 6.13. The summed E-state index contributed by atoms with van der Waals surface area (Å²) in [5.41, 5.74) is 17.3. The zero-order valence-electron chi connectivity index (χ0n) is 25.9. The molecule has 0 amide bonds. The van der Waals surface area contributed by atoms with E-state index in [9.17, 15) is 0 Å². The zero-order chi connectivity index (χ0) is 30.6. The monoisotopic (exact) mass is 576 g/mol. The average Bonchev–Trinajstić information content (AvgIpc) is 3.33. The van der Waals surface area contributed by atoms with Gasteiger partial charge in [0.1, 0.15) is 0 Å². The van der Waals surface area contributed by atoms with Gasteiger partial charge in [0.25, 0.3) is 0 Å². The smallest absolute Gasteiger partial charge is 0.00139 e. The Labute approximate surface area is 267 Å². The molecule has 0 nitrogen and oxygen atoms in total. The molecule has 6 aromatic rings. The Morgan fingerprint density at radius 3 is 1.09 bits per heavy atom. The molecule has 0 radical (unpaired) electrons. The summed E-state index contributed by atoms with van der Waals surface area (Å²) in [6.07, 6.45) is 10.2. The predicted octanol–water partition coefficient (Wildman–Crippen LogP) is 12.6. The molecule has 1 aliphatic rings. The van der Waals surface area contributed by atoms with Crippen LogP contribution >= 0.6 is 0 Å². The number of rotatable bonds is 6. The van der Waals surface area contributed by atoms with Crippen LogP contribution in [0.25, 0.3) is 61.2 Å². The number of benzene rings is 6. The van der Waals surface area contributed by atoms with Gasteiger partial charge in [0, 0.05) is 0 Å². The molecular weight excluding hydrogens is 540 g/mol. The predicted molar refractivity (Wildman–Crippen MR) is 194 cm³/mol. The minimum atomic E-state index is 0.887. The van der Waals surface area contributed by atoms with Crippen molar-refractivity contribution in [1.82, 2.24) is 0 Å². The summed E-state index contributed by atoms with van der Waals surface area (Å²) in [7, 11) is 0. The molecule has 7 rings (SSSR count). The van der Waals surface area contributed by atoms with E-state index in [2.05, 4.69) is 184 Å². The van der Waals surface area contributed by atoms with E-state index in [1.165, 1.54) is 77.9 Å². The van der Waals surface area contributed by atoms with Crippen molar-refractivity contribution in [2.24, 2.45) is 0 Å². The molecule has 0 saturated heterocycles. The first-order chi connectivity index (χ1) is 22.2. The molecule has 0 heteroatoms. The Morgan fingerprint density at radius 1 is 0.333 bits per heavy atom. The van der Waals surface area contributed by atoms with Crippen molar-refractivity contribution in [3.05, 3.63) is 187 Å². The van der Waals surface area contributed by atoms with Crippen LogP contribution in [0.15, 0.2) is 175 Å². The first-order valence-electron chi connectivity index (χ1n) is 15.8. The van der Waals surface area contributed by atoms with Crippen molar-refractivity contribution in [2.45, 2.75) is 20.3 Å². The van der Waals surface area contributed by atoms with Crippen molar-refractivity contribution in [2.75, 3.05) is 0 Å². The van der Waals surface area contributed by atoms with E-state index in [-0.39, 0.29) is 0 Å². The maximum atomic E-state index is 2.40. The van der Waals surface area contributed by atoms with Gasteiger partial charge in [0.2, 0.25) is 0 Å². The zero-order valence-corrected chi connectivity index (χ0v) is 25.9. The van der Waals surface area contributed by atoms with Gasteiger partial charge in [-0.05, 0) is 87.0 Å². The van der Waals surface area contributed by atoms with Gasteiger partial charge >= 0.3 is 0 Å². The van der Waals surface area contributed by atoms with E-state index in [0.717, 1.165) is 6.42 Å². The molecule has 0 unspecified atom stereocenters. The van der Waals surface area contributed by atoms with Gasteiger partial charge in [-0.25, -0.2) is 0 Å². The average molecular weight is 577 g/mol. The second-order valence-corrected chi connectivity index (χ2v) is 11.8. The minimum absolute atomic E-state index is 0.887. The minimum Gasteiger partial charge on any atom is -0.0778 e. The standard InChI is InChI=1S/C45H36/c1-32-16-15-25-38(29-26-32)44-40(34-17-7-3-8-18-34)42(36-21-11-5-12-22-36)45(39-30-27-33(2)28-31-39)43(37-23-13-6-14-24-37)41(44)35-19-9-4-10-20-35/h3-14,16-31H,15H2,1-2H3. The Morgan fingerprint density at radius 2 is 0.689 bits per heavy atom. The second-order valence-electron chi connectivity index (χ2n) is 11.8. The molecule has 0 aliphatic heterocycles. The van der Waals surface area contributed by atoms with Gasteiger partial charge in [0.15, 0.2) is 0 Å². The third kappa shape index (κ3) is 5.64. The largest absolute Gasteiger partial charge is 0.0778 e. The molecule has 0 spiro atoms. The lowest BCUT2D eigenvalue weighted by Crippen LogP contribution is -2.04. The Kier molecular flexibility index (Phi) is 7.96. The quantitative estimate of drug-likeness (QED) is 0.185. The van der Waals surface area contributed by atoms with E-state index in [1.807, 2.05) is 0 Å². The van der Waals surface area contributed by atoms with Crippen LogP contribution in [0.1, 0.15) is 24.5 Å². The first kappa shape index (κ1) is 28.3. The van der Waals surface area contributed by atoms with Crippen molar-refractivity contribution in [1.29, 1.82) is 0 Å². The lowest BCUT2D eigenvalue weighted by Gasteiger charge is -2.29. The van der Waals surface area contributed by atoms with Crippen LogP contribution in [0.4, 0.5) is 0 Å². The van der Waals surface area contributed by atoms with Crippen LogP contribution in [0.3, 0.4) is 0 Å². The van der Waals surface area contributed by atoms with Gasteiger partial charge < -0.3 is 0 Å². The van der Waals surface area contributed by atoms with Crippen LogP contribution in [-0.2, 0) is 0 Å². The van der Waals surface area contributed by atoms with Crippen molar-refractivity contribution in [3.63, 3.8) is 0 Å². The molecule has 6 aromatic carbocycles. The van der Waals surface area contributed by atoms with Gasteiger partial charge in [-0.3, -0.25) is 0 Å². The van der Waals surface area contributed by atoms with E-state index in [4.69, 9.17) is 0 Å². The van der Waals surface area contributed by atoms with Crippen LogP contribution < -0.4 is 0 Å². The second kappa shape index (κ2) is 12.6. The highest BCUT2D eigenvalue weighted by Crippen LogP contribution is 2.54. The first-order valence-corrected chi connectivity index (χ1v) is 15.8. The maximum Gasteiger partial charge on any atom is -0.00139 e. The summed E-state index contributed by atoms with van der Waals surface area (Å²) in [5.74, 6) is 0. The molecule has 0 N–H and O–H groups in total. The third-order valence-electron chi connectivity index (χ3n) is 8.68. The SMILES string of the molecule is CC1=CCC=C(c2c(-c3ccccc3)c(-c3ccccc3)c(-c3ccc(C)cc3)c(-c3ccccc3)c2-c2ccccc2)C=C1. The van der Waals surface area contributed by atoms with Gasteiger partial charge in [-0.1, -0.05) is 181 Å². The van der Waals surface area contributed by atoms with E-state index in [1.54, 1.807) is 0 Å². The number of hydrogen-bond donors (Lipinski definition) is 0. The van der Waals surface area contributed by atoms with Gasteiger partial charge in [-0.2, -0.15) is 0 Å².